The molecule has 0 spiro atoms. The Morgan fingerprint density at radius 2 is 1.93 bits per heavy atom. The second-order valence-electron chi connectivity index (χ2n) is 7.83. The normalized spacial score (nSPS) is 16.7. The average Bonchev–Trinajstić information content (AvgIpc) is 3.38. The number of aryl methyl sites for hydroxylation is 1. The molecule has 5 heteroatoms. The molecule has 146 valence electrons. The Labute approximate surface area is 176 Å². The van der Waals surface area contributed by atoms with E-state index in [1.165, 1.54) is 21.2 Å². The predicted octanol–water partition coefficient (Wildman–Crippen LogP) is 4.87. The van der Waals surface area contributed by atoms with Gasteiger partial charge in [0.1, 0.15) is 5.82 Å². The zero-order valence-corrected chi connectivity index (χ0v) is 17.3. The van der Waals surface area contributed by atoms with Crippen molar-refractivity contribution in [2.75, 3.05) is 37.6 Å². The van der Waals surface area contributed by atoms with Crippen LogP contribution in [0, 0.1) is 6.57 Å². The summed E-state index contributed by atoms with van der Waals surface area (Å²) in [7, 11) is 0. The number of aromatic nitrogens is 1. The second-order valence-corrected chi connectivity index (χ2v) is 8.64. The molecule has 0 amide bonds. The molecule has 1 fully saturated rings. The van der Waals surface area contributed by atoms with Crippen LogP contribution >= 0.6 is 11.5 Å². The number of allylic oxidation sites excluding steroid dienone is 1. The number of benzene rings is 2. The molecule has 2 aliphatic rings. The van der Waals surface area contributed by atoms with Gasteiger partial charge in [-0.1, -0.05) is 36.4 Å². The van der Waals surface area contributed by atoms with E-state index in [0.717, 1.165) is 69.1 Å². The summed E-state index contributed by atoms with van der Waals surface area (Å²) in [6, 6.07) is 15.2. The summed E-state index contributed by atoms with van der Waals surface area (Å²) in [6.45, 7) is 12.8. The number of hydrogen-bond acceptors (Lipinski definition) is 4. The molecule has 2 aromatic carbocycles. The maximum absolute atomic E-state index is 7.33. The van der Waals surface area contributed by atoms with Crippen LogP contribution in [0.25, 0.3) is 20.6 Å². The van der Waals surface area contributed by atoms with Crippen LogP contribution in [-0.2, 0) is 12.8 Å². The Hall–Kier alpha value is -2.68. The second kappa shape index (κ2) is 7.98. The first-order valence-corrected chi connectivity index (χ1v) is 11.1. The number of rotatable bonds is 5. The molecular weight excluding hydrogens is 376 g/mol. The van der Waals surface area contributed by atoms with Gasteiger partial charge in [-0.05, 0) is 66.2 Å². The highest BCUT2D eigenvalue weighted by atomic mass is 32.1. The molecule has 0 atom stereocenters. The number of hydrogen-bond donors (Lipinski definition) is 0. The fourth-order valence-corrected chi connectivity index (χ4v) is 5.20. The molecule has 0 bridgehead atoms. The van der Waals surface area contributed by atoms with Crippen LogP contribution in [0.5, 0.6) is 0 Å². The highest BCUT2D eigenvalue weighted by Gasteiger charge is 2.20. The monoisotopic (exact) mass is 400 g/mol. The van der Waals surface area contributed by atoms with E-state index in [2.05, 4.69) is 57.1 Å². The van der Waals surface area contributed by atoms with Gasteiger partial charge in [0.05, 0.1) is 11.3 Å². The first-order chi connectivity index (χ1) is 14.3. The van der Waals surface area contributed by atoms with Gasteiger partial charge in [-0.15, -0.1) is 0 Å². The van der Waals surface area contributed by atoms with E-state index >= 15 is 0 Å². The van der Waals surface area contributed by atoms with Crippen molar-refractivity contribution in [2.45, 2.75) is 19.3 Å². The summed E-state index contributed by atoms with van der Waals surface area (Å²) >= 11 is 1.60. The van der Waals surface area contributed by atoms with Crippen molar-refractivity contribution < 1.29 is 0 Å². The number of anilines is 1. The van der Waals surface area contributed by atoms with Crippen LogP contribution in [0.2, 0.25) is 0 Å². The molecule has 1 aliphatic carbocycles. The molecule has 0 saturated carbocycles. The van der Waals surface area contributed by atoms with Gasteiger partial charge in [0.25, 0.3) is 0 Å². The fourth-order valence-electron chi connectivity index (χ4n) is 4.41. The fraction of sp³-hybridized carbons (Fsp3) is 0.333. The Balaban J connectivity index is 1.13. The van der Waals surface area contributed by atoms with Gasteiger partial charge in [0.2, 0.25) is 0 Å². The Bertz CT molecular complexity index is 1100. The van der Waals surface area contributed by atoms with Crippen molar-refractivity contribution in [2.24, 2.45) is 0 Å². The van der Waals surface area contributed by atoms with Crippen LogP contribution in [0.4, 0.5) is 5.82 Å². The predicted molar refractivity (Wildman–Crippen MR) is 121 cm³/mol. The largest absolute Gasteiger partial charge is 0.353 e. The molecule has 3 aromatic rings. The van der Waals surface area contributed by atoms with Crippen LogP contribution in [0.1, 0.15) is 23.1 Å². The molecular formula is C24H24N4S. The van der Waals surface area contributed by atoms with Gasteiger partial charge in [-0.25, -0.2) is 4.85 Å². The Morgan fingerprint density at radius 3 is 2.79 bits per heavy atom. The Kier molecular flexibility index (Phi) is 5.05. The summed E-state index contributed by atoms with van der Waals surface area (Å²) < 4.78 is 5.98. The molecule has 0 unspecified atom stereocenters. The van der Waals surface area contributed by atoms with E-state index < -0.39 is 0 Å². The van der Waals surface area contributed by atoms with E-state index in [9.17, 15) is 0 Å². The lowest BCUT2D eigenvalue weighted by molar-refractivity contribution is 0.255. The molecule has 0 N–H and O–H groups in total. The Morgan fingerprint density at radius 1 is 1.07 bits per heavy atom. The molecule has 29 heavy (non-hydrogen) atoms. The minimum atomic E-state index is 0.826. The third kappa shape index (κ3) is 3.66. The van der Waals surface area contributed by atoms with Crippen LogP contribution < -0.4 is 4.90 Å². The third-order valence-electron chi connectivity index (χ3n) is 6.06. The molecule has 0 radical (unpaired) electrons. The summed E-state index contributed by atoms with van der Waals surface area (Å²) in [5.74, 6) is 1.16. The van der Waals surface area contributed by atoms with Crippen molar-refractivity contribution in [3.8, 4) is 0 Å². The van der Waals surface area contributed by atoms with Gasteiger partial charge in [-0.3, -0.25) is 4.90 Å². The molecule has 1 aromatic heterocycles. The molecule has 1 aliphatic heterocycles. The number of nitrogens with zero attached hydrogens (tertiary/aromatic N) is 4. The summed E-state index contributed by atoms with van der Waals surface area (Å²) in [5, 5.41) is 1.29. The van der Waals surface area contributed by atoms with Gasteiger partial charge in [0, 0.05) is 31.6 Å². The van der Waals surface area contributed by atoms with Crippen LogP contribution in [-0.4, -0.2) is 42.0 Å². The van der Waals surface area contributed by atoms with Gasteiger partial charge < -0.3 is 4.90 Å². The highest BCUT2D eigenvalue weighted by Crippen LogP contribution is 2.31. The summed E-state index contributed by atoms with van der Waals surface area (Å²) in [4.78, 5) is 8.68. The number of piperazine rings is 1. The van der Waals surface area contributed by atoms with E-state index in [0.29, 0.717) is 0 Å². The van der Waals surface area contributed by atoms with E-state index in [-0.39, 0.29) is 0 Å². The minimum Gasteiger partial charge on any atom is -0.353 e. The van der Waals surface area contributed by atoms with Crippen LogP contribution in [0.3, 0.4) is 0 Å². The lowest BCUT2D eigenvalue weighted by Gasteiger charge is -2.35. The zero-order valence-electron chi connectivity index (χ0n) is 16.5. The van der Waals surface area contributed by atoms with E-state index in [1.807, 2.05) is 6.08 Å². The standard InChI is InChI=1S/C24H24N4S/c1-25-22-11-10-19-9-8-18(17-21(19)22)5-4-12-27-13-15-28(16-14-27)24-20-6-2-3-7-23(20)29-26-24/h2-3,6-9,11,17H,4-5,10,12-16H2. The summed E-state index contributed by atoms with van der Waals surface area (Å²) in [5.41, 5.74) is 4.63. The topological polar surface area (TPSA) is 23.7 Å². The average molecular weight is 401 g/mol. The molecule has 4 nitrogen and oxygen atoms in total. The van der Waals surface area contributed by atoms with E-state index in [4.69, 9.17) is 10.9 Å². The minimum absolute atomic E-state index is 0.826. The first-order valence-electron chi connectivity index (χ1n) is 10.3. The molecule has 5 rings (SSSR count). The van der Waals surface area contributed by atoms with Crippen LogP contribution in [0.15, 0.2) is 48.5 Å². The van der Waals surface area contributed by atoms with Gasteiger partial charge in [-0.2, -0.15) is 4.37 Å². The van der Waals surface area contributed by atoms with Crippen molar-refractivity contribution >= 4 is 33.1 Å². The highest BCUT2D eigenvalue weighted by molar-refractivity contribution is 7.13. The quantitative estimate of drug-likeness (QED) is 0.571. The van der Waals surface area contributed by atoms with Crippen molar-refractivity contribution in [3.05, 3.63) is 76.6 Å². The first kappa shape index (κ1) is 18.4. The maximum Gasteiger partial charge on any atom is 0.191 e. The van der Waals surface area contributed by atoms with Crippen molar-refractivity contribution in [3.63, 3.8) is 0 Å². The van der Waals surface area contributed by atoms with Gasteiger partial charge in [0.15, 0.2) is 5.70 Å². The lowest BCUT2D eigenvalue weighted by atomic mass is 10.0. The SMILES string of the molecule is [C-]#[N+]C1=CCc2ccc(CCCN3CCN(c4nsc5ccccc45)CC3)cc21. The van der Waals surface area contributed by atoms with Gasteiger partial charge >= 0.3 is 0 Å². The third-order valence-corrected chi connectivity index (χ3v) is 6.87. The van der Waals surface area contributed by atoms with E-state index in [1.54, 1.807) is 11.5 Å². The van der Waals surface area contributed by atoms with Crippen molar-refractivity contribution in [1.82, 2.24) is 9.27 Å². The van der Waals surface area contributed by atoms with Crippen molar-refractivity contribution in [1.29, 1.82) is 0 Å². The molecule has 1 saturated heterocycles. The lowest BCUT2D eigenvalue weighted by Crippen LogP contribution is -2.46. The summed E-state index contributed by atoms with van der Waals surface area (Å²) in [6.07, 6.45) is 5.20. The maximum atomic E-state index is 7.33. The zero-order chi connectivity index (χ0) is 19.6. The smallest absolute Gasteiger partial charge is 0.191 e. The number of fused-ring (bicyclic) bond motifs is 2. The molecule has 2 heterocycles.